The van der Waals surface area contributed by atoms with Crippen molar-refractivity contribution in [1.29, 1.82) is 0 Å². The van der Waals surface area contributed by atoms with Gasteiger partial charge in [0.05, 0.1) is 0 Å². The molecule has 0 aliphatic carbocycles. The van der Waals surface area contributed by atoms with Gasteiger partial charge in [-0.2, -0.15) is 0 Å². The highest BCUT2D eigenvalue weighted by atomic mass is 16.4. The first-order chi connectivity index (χ1) is 9.06. The van der Waals surface area contributed by atoms with Crippen LogP contribution in [0.4, 0.5) is 0 Å². The van der Waals surface area contributed by atoms with Crippen LogP contribution >= 0.6 is 0 Å². The van der Waals surface area contributed by atoms with Gasteiger partial charge in [0.25, 0.3) is 0 Å². The van der Waals surface area contributed by atoms with Gasteiger partial charge < -0.3 is 9.52 Å². The number of aromatic nitrogens is 2. The molecular formula is C14H16N2O3. The number of benzene rings is 1. The average molecular weight is 260 g/mol. The van der Waals surface area contributed by atoms with E-state index in [1.54, 1.807) is 0 Å². The zero-order valence-electron chi connectivity index (χ0n) is 11.0. The SMILES string of the molecule is Cc1ccc(-c2nnc(CCCC(=O)O)o2)cc1C. The van der Waals surface area contributed by atoms with Crippen molar-refractivity contribution in [3.8, 4) is 11.5 Å². The highest BCUT2D eigenvalue weighted by Crippen LogP contribution is 2.21. The molecule has 0 atom stereocenters. The van der Waals surface area contributed by atoms with E-state index in [0.717, 1.165) is 5.56 Å². The Morgan fingerprint density at radius 1 is 1.26 bits per heavy atom. The molecule has 1 aromatic carbocycles. The van der Waals surface area contributed by atoms with E-state index in [2.05, 4.69) is 10.2 Å². The summed E-state index contributed by atoms with van der Waals surface area (Å²) in [6, 6.07) is 5.96. The zero-order chi connectivity index (χ0) is 13.8. The molecule has 0 unspecified atom stereocenters. The molecule has 0 fully saturated rings. The van der Waals surface area contributed by atoms with Crippen LogP contribution in [0.15, 0.2) is 22.6 Å². The number of hydrogen-bond acceptors (Lipinski definition) is 4. The molecule has 1 N–H and O–H groups in total. The van der Waals surface area contributed by atoms with Crippen LogP contribution in [0.5, 0.6) is 0 Å². The molecule has 19 heavy (non-hydrogen) atoms. The number of carboxylic acids is 1. The molecule has 0 amide bonds. The lowest BCUT2D eigenvalue weighted by Crippen LogP contribution is -1.95. The van der Waals surface area contributed by atoms with Crippen molar-refractivity contribution >= 4 is 5.97 Å². The first-order valence-electron chi connectivity index (χ1n) is 6.18. The van der Waals surface area contributed by atoms with E-state index >= 15 is 0 Å². The smallest absolute Gasteiger partial charge is 0.303 e. The molecule has 0 radical (unpaired) electrons. The lowest BCUT2D eigenvalue weighted by atomic mass is 10.1. The number of carboxylic acid groups (broad SMARTS) is 1. The van der Waals surface area contributed by atoms with Gasteiger partial charge in [0.15, 0.2) is 0 Å². The van der Waals surface area contributed by atoms with Crippen LogP contribution in [0.2, 0.25) is 0 Å². The zero-order valence-corrected chi connectivity index (χ0v) is 11.0. The van der Waals surface area contributed by atoms with Crippen LogP contribution in [0.3, 0.4) is 0 Å². The summed E-state index contributed by atoms with van der Waals surface area (Å²) < 4.78 is 5.53. The molecule has 2 aromatic rings. The van der Waals surface area contributed by atoms with Gasteiger partial charge in [-0.1, -0.05) is 6.07 Å². The van der Waals surface area contributed by atoms with E-state index in [0.29, 0.717) is 24.6 Å². The quantitative estimate of drug-likeness (QED) is 0.894. The Hall–Kier alpha value is -2.17. The molecule has 5 nitrogen and oxygen atoms in total. The Balaban J connectivity index is 2.07. The Bertz CT molecular complexity index is 590. The van der Waals surface area contributed by atoms with Gasteiger partial charge in [-0.05, 0) is 43.5 Å². The fourth-order valence-corrected chi connectivity index (χ4v) is 1.74. The first-order valence-corrected chi connectivity index (χ1v) is 6.18. The van der Waals surface area contributed by atoms with E-state index in [1.807, 2.05) is 32.0 Å². The molecule has 2 rings (SSSR count). The maximum atomic E-state index is 10.4. The number of aliphatic carboxylic acids is 1. The number of rotatable bonds is 5. The first kappa shape index (κ1) is 13.3. The second-order valence-electron chi connectivity index (χ2n) is 4.55. The highest BCUT2D eigenvalue weighted by molar-refractivity contribution is 5.66. The van der Waals surface area contributed by atoms with Crippen LogP contribution in [-0.2, 0) is 11.2 Å². The van der Waals surface area contributed by atoms with Crippen LogP contribution in [0, 0.1) is 13.8 Å². The van der Waals surface area contributed by atoms with E-state index in [-0.39, 0.29) is 6.42 Å². The summed E-state index contributed by atoms with van der Waals surface area (Å²) in [5.41, 5.74) is 3.27. The maximum Gasteiger partial charge on any atom is 0.303 e. The van der Waals surface area contributed by atoms with Crippen molar-refractivity contribution in [2.75, 3.05) is 0 Å². The predicted molar refractivity (Wildman–Crippen MR) is 69.8 cm³/mol. The molecule has 0 spiro atoms. The van der Waals surface area contributed by atoms with Crippen LogP contribution < -0.4 is 0 Å². The lowest BCUT2D eigenvalue weighted by molar-refractivity contribution is -0.137. The molecule has 100 valence electrons. The summed E-state index contributed by atoms with van der Waals surface area (Å²) in [6.45, 7) is 4.08. The van der Waals surface area contributed by atoms with Crippen LogP contribution in [0.1, 0.15) is 29.9 Å². The standard InChI is InChI=1S/C14H16N2O3/c1-9-6-7-11(8-10(9)2)14-16-15-12(19-14)4-3-5-13(17)18/h6-8H,3-5H2,1-2H3,(H,17,18). The van der Waals surface area contributed by atoms with Crippen molar-refractivity contribution in [3.05, 3.63) is 35.2 Å². The van der Waals surface area contributed by atoms with Crippen molar-refractivity contribution < 1.29 is 14.3 Å². The summed E-state index contributed by atoms with van der Waals surface area (Å²) >= 11 is 0. The Morgan fingerprint density at radius 3 is 2.74 bits per heavy atom. The highest BCUT2D eigenvalue weighted by Gasteiger charge is 2.09. The molecule has 1 heterocycles. The maximum absolute atomic E-state index is 10.4. The van der Waals surface area contributed by atoms with Gasteiger partial charge in [0.2, 0.25) is 11.8 Å². The van der Waals surface area contributed by atoms with E-state index in [9.17, 15) is 4.79 Å². The molecule has 0 aliphatic heterocycles. The molecule has 0 saturated heterocycles. The summed E-state index contributed by atoms with van der Waals surface area (Å²) in [6.07, 6.45) is 1.11. The van der Waals surface area contributed by atoms with Gasteiger partial charge in [0, 0.05) is 18.4 Å². The minimum Gasteiger partial charge on any atom is -0.481 e. The third-order valence-electron chi connectivity index (χ3n) is 3.00. The Labute approximate surface area is 111 Å². The van der Waals surface area contributed by atoms with E-state index in [1.165, 1.54) is 11.1 Å². The third-order valence-corrected chi connectivity index (χ3v) is 3.00. The minimum absolute atomic E-state index is 0.112. The summed E-state index contributed by atoms with van der Waals surface area (Å²) in [5, 5.41) is 16.5. The Kier molecular flexibility index (Phi) is 3.94. The summed E-state index contributed by atoms with van der Waals surface area (Å²) in [5.74, 6) is 0.150. The number of carbonyl (C=O) groups is 1. The molecule has 1 aromatic heterocycles. The van der Waals surface area contributed by atoms with Crippen molar-refractivity contribution in [1.82, 2.24) is 10.2 Å². The predicted octanol–water partition coefficient (Wildman–Crippen LogP) is 2.76. The Morgan fingerprint density at radius 2 is 2.05 bits per heavy atom. The van der Waals surface area contributed by atoms with Crippen LogP contribution in [0.25, 0.3) is 11.5 Å². The van der Waals surface area contributed by atoms with Gasteiger partial charge in [-0.15, -0.1) is 10.2 Å². The second-order valence-corrected chi connectivity index (χ2v) is 4.55. The average Bonchev–Trinajstić information content (AvgIpc) is 2.81. The van der Waals surface area contributed by atoms with Gasteiger partial charge >= 0.3 is 5.97 Å². The molecule has 0 aliphatic rings. The largest absolute Gasteiger partial charge is 0.481 e. The van der Waals surface area contributed by atoms with Crippen molar-refractivity contribution in [2.45, 2.75) is 33.1 Å². The molecule has 0 saturated carbocycles. The third kappa shape index (κ3) is 3.40. The molecule has 5 heteroatoms. The van der Waals surface area contributed by atoms with Crippen molar-refractivity contribution in [3.63, 3.8) is 0 Å². The number of hydrogen-bond donors (Lipinski definition) is 1. The number of aryl methyl sites for hydroxylation is 3. The minimum atomic E-state index is -0.811. The second kappa shape index (κ2) is 5.65. The summed E-state index contributed by atoms with van der Waals surface area (Å²) in [4.78, 5) is 10.4. The normalized spacial score (nSPS) is 10.6. The van der Waals surface area contributed by atoms with Gasteiger partial charge in [-0.3, -0.25) is 4.79 Å². The lowest BCUT2D eigenvalue weighted by Gasteiger charge is -2.00. The van der Waals surface area contributed by atoms with Gasteiger partial charge in [0.1, 0.15) is 0 Å². The monoisotopic (exact) mass is 260 g/mol. The van der Waals surface area contributed by atoms with E-state index < -0.39 is 5.97 Å². The fraction of sp³-hybridized carbons (Fsp3) is 0.357. The molecular weight excluding hydrogens is 244 g/mol. The number of nitrogens with zero attached hydrogens (tertiary/aromatic N) is 2. The topological polar surface area (TPSA) is 76.2 Å². The van der Waals surface area contributed by atoms with E-state index in [4.69, 9.17) is 9.52 Å². The fourth-order valence-electron chi connectivity index (χ4n) is 1.74. The summed E-state index contributed by atoms with van der Waals surface area (Å²) in [7, 11) is 0. The van der Waals surface area contributed by atoms with Gasteiger partial charge in [-0.25, -0.2) is 0 Å². The molecule has 0 bridgehead atoms. The van der Waals surface area contributed by atoms with Crippen molar-refractivity contribution in [2.24, 2.45) is 0 Å². The van der Waals surface area contributed by atoms with Crippen LogP contribution in [-0.4, -0.2) is 21.3 Å².